The van der Waals surface area contributed by atoms with Gasteiger partial charge in [0.25, 0.3) is 5.91 Å². The number of carbonyl (C=O) groups excluding carboxylic acids is 1. The first-order chi connectivity index (χ1) is 7.66. The molecule has 1 aromatic carbocycles. The van der Waals surface area contributed by atoms with E-state index in [2.05, 4.69) is 0 Å². The minimum atomic E-state index is -0.254. The maximum absolute atomic E-state index is 12.0. The second kappa shape index (κ2) is 4.53. The van der Waals surface area contributed by atoms with Crippen LogP contribution >= 0.6 is 0 Å². The Hall–Kier alpha value is -1.55. The fourth-order valence-electron chi connectivity index (χ4n) is 1.88. The summed E-state index contributed by atoms with van der Waals surface area (Å²) in [6.07, 6.45) is 1.08. The minimum Gasteiger partial charge on any atom is -0.399 e. The van der Waals surface area contributed by atoms with Gasteiger partial charge in [0.05, 0.1) is 6.10 Å². The molecule has 86 valence electrons. The highest BCUT2D eigenvalue weighted by Crippen LogP contribution is 2.14. The van der Waals surface area contributed by atoms with E-state index < -0.39 is 0 Å². The molecule has 16 heavy (non-hydrogen) atoms. The number of hydrogen-bond acceptors (Lipinski definition) is 3. The first kappa shape index (κ1) is 11.0. The summed E-state index contributed by atoms with van der Waals surface area (Å²) < 4.78 is 0. The summed E-state index contributed by atoms with van der Waals surface area (Å²) in [6, 6.07) is 6.93. The second-order valence-corrected chi connectivity index (χ2v) is 4.15. The van der Waals surface area contributed by atoms with E-state index in [1.54, 1.807) is 29.2 Å². The van der Waals surface area contributed by atoms with Crippen LogP contribution in [0, 0.1) is 0 Å². The lowest BCUT2D eigenvalue weighted by Gasteiger charge is -2.29. The van der Waals surface area contributed by atoms with Gasteiger partial charge in [0.2, 0.25) is 0 Å². The van der Waals surface area contributed by atoms with Gasteiger partial charge in [0.1, 0.15) is 0 Å². The van der Waals surface area contributed by atoms with Gasteiger partial charge < -0.3 is 15.7 Å². The van der Waals surface area contributed by atoms with Gasteiger partial charge in [-0.3, -0.25) is 4.79 Å². The molecule has 1 aliphatic heterocycles. The van der Waals surface area contributed by atoms with Crippen LogP contribution in [0.15, 0.2) is 24.3 Å². The standard InChI is InChI=1S/C12H16N2O2/c13-10-3-1-9(2-4-10)12(16)14-7-5-11(15)6-8-14/h1-4,11,15H,5-8,13H2. The molecule has 4 heteroatoms. The predicted molar refractivity (Wildman–Crippen MR) is 62.0 cm³/mol. The maximum atomic E-state index is 12.0. The molecule has 1 aliphatic rings. The summed E-state index contributed by atoms with van der Waals surface area (Å²) in [7, 11) is 0. The van der Waals surface area contributed by atoms with Crippen molar-refractivity contribution >= 4 is 11.6 Å². The lowest BCUT2D eigenvalue weighted by Crippen LogP contribution is -2.40. The third-order valence-corrected chi connectivity index (χ3v) is 2.91. The van der Waals surface area contributed by atoms with E-state index in [9.17, 15) is 9.90 Å². The summed E-state index contributed by atoms with van der Waals surface area (Å²) >= 11 is 0. The Morgan fingerprint density at radius 3 is 2.38 bits per heavy atom. The van der Waals surface area contributed by atoms with Crippen LogP contribution in [0.2, 0.25) is 0 Å². The van der Waals surface area contributed by atoms with E-state index >= 15 is 0 Å². The zero-order valence-corrected chi connectivity index (χ0v) is 9.10. The van der Waals surface area contributed by atoms with E-state index in [1.165, 1.54) is 0 Å². The molecule has 0 aliphatic carbocycles. The largest absolute Gasteiger partial charge is 0.399 e. The Kier molecular flexibility index (Phi) is 3.10. The highest BCUT2D eigenvalue weighted by atomic mass is 16.3. The number of piperidine rings is 1. The second-order valence-electron chi connectivity index (χ2n) is 4.15. The molecule has 1 heterocycles. The number of nitrogen functional groups attached to an aromatic ring is 1. The van der Waals surface area contributed by atoms with E-state index in [-0.39, 0.29) is 12.0 Å². The number of likely N-dealkylation sites (tertiary alicyclic amines) is 1. The van der Waals surface area contributed by atoms with Crippen molar-refractivity contribution in [3.63, 3.8) is 0 Å². The van der Waals surface area contributed by atoms with Crippen molar-refractivity contribution in [1.29, 1.82) is 0 Å². The molecule has 1 amide bonds. The zero-order chi connectivity index (χ0) is 11.5. The van der Waals surface area contributed by atoms with Gasteiger partial charge in [-0.15, -0.1) is 0 Å². The highest BCUT2D eigenvalue weighted by molar-refractivity contribution is 5.94. The number of rotatable bonds is 1. The Morgan fingerprint density at radius 1 is 1.25 bits per heavy atom. The van der Waals surface area contributed by atoms with Crippen LogP contribution in [-0.4, -0.2) is 35.1 Å². The summed E-state index contributed by atoms with van der Waals surface area (Å²) in [5.74, 6) is 0.0203. The third-order valence-electron chi connectivity index (χ3n) is 2.91. The molecule has 0 aromatic heterocycles. The smallest absolute Gasteiger partial charge is 0.253 e. The molecule has 0 spiro atoms. The van der Waals surface area contributed by atoms with Gasteiger partial charge in [0, 0.05) is 24.3 Å². The van der Waals surface area contributed by atoms with Gasteiger partial charge in [0.15, 0.2) is 0 Å². The van der Waals surface area contributed by atoms with Gasteiger partial charge in [-0.05, 0) is 37.1 Å². The van der Waals surface area contributed by atoms with Crippen LogP contribution in [0.25, 0.3) is 0 Å². The number of aliphatic hydroxyl groups is 1. The van der Waals surface area contributed by atoms with Gasteiger partial charge >= 0.3 is 0 Å². The van der Waals surface area contributed by atoms with Crippen molar-refractivity contribution in [2.45, 2.75) is 18.9 Å². The number of nitrogens with zero attached hydrogens (tertiary/aromatic N) is 1. The fraction of sp³-hybridized carbons (Fsp3) is 0.417. The van der Waals surface area contributed by atoms with Crippen molar-refractivity contribution in [2.75, 3.05) is 18.8 Å². The average molecular weight is 220 g/mol. The van der Waals surface area contributed by atoms with E-state index in [4.69, 9.17) is 5.73 Å². The van der Waals surface area contributed by atoms with Crippen LogP contribution in [0.4, 0.5) is 5.69 Å². The third kappa shape index (κ3) is 2.33. The minimum absolute atomic E-state index is 0.0203. The quantitative estimate of drug-likeness (QED) is 0.690. The number of amides is 1. The van der Waals surface area contributed by atoms with Gasteiger partial charge in [-0.2, -0.15) is 0 Å². The molecule has 4 nitrogen and oxygen atoms in total. The first-order valence-electron chi connectivity index (χ1n) is 5.49. The summed E-state index contributed by atoms with van der Waals surface area (Å²) in [6.45, 7) is 1.26. The molecule has 0 saturated carbocycles. The number of aliphatic hydroxyl groups excluding tert-OH is 1. The lowest BCUT2D eigenvalue weighted by atomic mass is 10.1. The molecule has 1 fully saturated rings. The highest BCUT2D eigenvalue weighted by Gasteiger charge is 2.21. The van der Waals surface area contributed by atoms with Crippen LogP contribution < -0.4 is 5.73 Å². The Morgan fingerprint density at radius 2 is 1.81 bits per heavy atom. The Labute approximate surface area is 94.7 Å². The number of hydrogen-bond donors (Lipinski definition) is 2. The molecule has 0 bridgehead atoms. The van der Waals surface area contributed by atoms with Crippen molar-refractivity contribution in [1.82, 2.24) is 4.90 Å². The Balaban J connectivity index is 2.05. The molecular formula is C12H16N2O2. The first-order valence-corrected chi connectivity index (χ1v) is 5.49. The van der Waals surface area contributed by atoms with Gasteiger partial charge in [-0.25, -0.2) is 0 Å². The molecule has 2 rings (SSSR count). The van der Waals surface area contributed by atoms with Crippen LogP contribution in [0.5, 0.6) is 0 Å². The average Bonchev–Trinajstić information content (AvgIpc) is 2.30. The summed E-state index contributed by atoms with van der Waals surface area (Å²) in [5.41, 5.74) is 6.88. The summed E-state index contributed by atoms with van der Waals surface area (Å²) in [4.78, 5) is 13.8. The number of anilines is 1. The van der Waals surface area contributed by atoms with Crippen molar-refractivity contribution in [3.8, 4) is 0 Å². The Bertz CT molecular complexity index is 367. The molecule has 1 saturated heterocycles. The van der Waals surface area contributed by atoms with Crippen LogP contribution in [-0.2, 0) is 0 Å². The van der Waals surface area contributed by atoms with Crippen molar-refractivity contribution < 1.29 is 9.90 Å². The fourth-order valence-corrected chi connectivity index (χ4v) is 1.88. The van der Waals surface area contributed by atoms with Crippen molar-refractivity contribution in [3.05, 3.63) is 29.8 Å². The summed E-state index contributed by atoms with van der Waals surface area (Å²) in [5, 5.41) is 9.36. The predicted octanol–water partition coefficient (Wildman–Crippen LogP) is 0.866. The number of carbonyl (C=O) groups is 1. The maximum Gasteiger partial charge on any atom is 0.253 e. The molecule has 0 unspecified atom stereocenters. The zero-order valence-electron chi connectivity index (χ0n) is 9.10. The molecule has 0 atom stereocenters. The normalized spacial score (nSPS) is 17.4. The number of nitrogens with two attached hydrogens (primary N) is 1. The van der Waals surface area contributed by atoms with Gasteiger partial charge in [-0.1, -0.05) is 0 Å². The molecule has 1 aromatic rings. The molecular weight excluding hydrogens is 204 g/mol. The van der Waals surface area contributed by atoms with Crippen LogP contribution in [0.3, 0.4) is 0 Å². The van der Waals surface area contributed by atoms with E-state index in [0.717, 1.165) is 0 Å². The lowest BCUT2D eigenvalue weighted by molar-refractivity contribution is 0.0546. The van der Waals surface area contributed by atoms with Crippen molar-refractivity contribution in [2.24, 2.45) is 0 Å². The van der Waals surface area contributed by atoms with E-state index in [1.807, 2.05) is 0 Å². The molecule has 0 radical (unpaired) electrons. The monoisotopic (exact) mass is 220 g/mol. The SMILES string of the molecule is Nc1ccc(C(=O)N2CCC(O)CC2)cc1. The molecule has 3 N–H and O–H groups in total. The van der Waals surface area contributed by atoms with E-state index in [0.29, 0.717) is 37.2 Å². The topological polar surface area (TPSA) is 66.6 Å². The van der Waals surface area contributed by atoms with Crippen LogP contribution in [0.1, 0.15) is 23.2 Å². The number of benzene rings is 1.